The fourth-order valence-electron chi connectivity index (χ4n) is 6.88. The largest absolute Gasteiger partial charge is 0.495 e. The molecule has 4 bridgehead atoms. The second-order valence-electron chi connectivity index (χ2n) is 9.17. The molecule has 0 atom stereocenters. The lowest BCUT2D eigenvalue weighted by atomic mass is 9.49. The summed E-state index contributed by atoms with van der Waals surface area (Å²) in [6.07, 6.45) is 9.68. The van der Waals surface area contributed by atoms with Crippen LogP contribution in [0.25, 0.3) is 0 Å². The van der Waals surface area contributed by atoms with E-state index in [-0.39, 0.29) is 5.41 Å². The van der Waals surface area contributed by atoms with Gasteiger partial charge in [0.2, 0.25) is 5.91 Å². The van der Waals surface area contributed by atoms with Gasteiger partial charge in [0.25, 0.3) is 0 Å². The normalized spacial score (nSPS) is 35.6. The molecule has 0 aromatic heterocycles. The lowest BCUT2D eigenvalue weighted by Crippen LogP contribution is -2.55. The van der Waals surface area contributed by atoms with Crippen LogP contribution < -0.4 is 9.64 Å². The molecular formula is C22H29NO2. The number of fused-ring (bicyclic) bond motifs is 1. The molecule has 0 N–H and O–H groups in total. The summed E-state index contributed by atoms with van der Waals surface area (Å²) in [7, 11) is 1.73. The Bertz CT molecular complexity index is 688. The van der Waals surface area contributed by atoms with Gasteiger partial charge in [-0.3, -0.25) is 4.79 Å². The molecule has 134 valence electrons. The minimum Gasteiger partial charge on any atom is -0.495 e. The Labute approximate surface area is 150 Å². The first-order valence-electron chi connectivity index (χ1n) is 10.1. The monoisotopic (exact) mass is 339 g/mol. The van der Waals surface area contributed by atoms with Crippen molar-refractivity contribution in [2.45, 2.75) is 58.3 Å². The number of ether oxygens (including phenoxy) is 1. The Morgan fingerprint density at radius 1 is 1.12 bits per heavy atom. The lowest BCUT2D eigenvalue weighted by Gasteiger charge is -2.57. The molecule has 4 aliphatic carbocycles. The molecule has 0 spiro atoms. The van der Waals surface area contributed by atoms with Crippen LogP contribution in [0.1, 0.15) is 56.1 Å². The molecule has 1 aromatic rings. The number of rotatable bonds is 2. The van der Waals surface area contributed by atoms with Crippen LogP contribution in [-0.4, -0.2) is 19.6 Å². The highest BCUT2D eigenvalue weighted by atomic mass is 16.5. The summed E-state index contributed by atoms with van der Waals surface area (Å²) in [6.45, 7) is 3.02. The first-order chi connectivity index (χ1) is 12.1. The molecule has 0 radical (unpaired) electrons. The minimum atomic E-state index is -0.0713. The zero-order chi connectivity index (χ0) is 17.2. The molecule has 1 aromatic carbocycles. The number of carbonyl (C=O) groups is 1. The number of hydrogen-bond acceptors (Lipinski definition) is 2. The standard InChI is InChI=1S/C22H29NO2/c1-14-5-6-19(25-2)20-18(14)4-3-7-23(20)21(24)22-11-15-8-16(12-22)10-17(9-15)13-22/h5-6,15-17H,3-4,7-13H2,1-2H3. The van der Waals surface area contributed by atoms with E-state index in [2.05, 4.69) is 17.9 Å². The van der Waals surface area contributed by atoms with Gasteiger partial charge < -0.3 is 9.64 Å². The van der Waals surface area contributed by atoms with E-state index < -0.39 is 0 Å². The van der Waals surface area contributed by atoms with Crippen molar-refractivity contribution in [2.75, 3.05) is 18.6 Å². The van der Waals surface area contributed by atoms with Gasteiger partial charge in [-0.2, -0.15) is 0 Å². The number of methoxy groups -OCH3 is 1. The van der Waals surface area contributed by atoms with E-state index in [1.54, 1.807) is 7.11 Å². The highest BCUT2D eigenvalue weighted by Gasteiger charge is 2.56. The summed E-state index contributed by atoms with van der Waals surface area (Å²) < 4.78 is 5.67. The summed E-state index contributed by atoms with van der Waals surface area (Å²) in [5.74, 6) is 3.70. The third-order valence-electron chi connectivity index (χ3n) is 7.52. The summed E-state index contributed by atoms with van der Waals surface area (Å²) >= 11 is 0. The maximum absolute atomic E-state index is 13.9. The SMILES string of the molecule is COc1ccc(C)c2c1N(C(=O)C13CC4CC(CC(C4)C1)C3)CCC2. The number of carbonyl (C=O) groups excluding carboxylic acids is 1. The third-order valence-corrected chi connectivity index (χ3v) is 7.52. The quantitative estimate of drug-likeness (QED) is 0.794. The van der Waals surface area contributed by atoms with Crippen molar-refractivity contribution in [3.05, 3.63) is 23.3 Å². The fourth-order valence-corrected chi connectivity index (χ4v) is 6.88. The van der Waals surface area contributed by atoms with Crippen LogP contribution in [-0.2, 0) is 11.2 Å². The average molecular weight is 339 g/mol. The zero-order valence-electron chi connectivity index (χ0n) is 15.5. The van der Waals surface area contributed by atoms with Crippen molar-refractivity contribution in [1.29, 1.82) is 0 Å². The third kappa shape index (κ3) is 2.27. The number of benzene rings is 1. The van der Waals surface area contributed by atoms with E-state index in [1.165, 1.54) is 30.4 Å². The van der Waals surface area contributed by atoms with Crippen molar-refractivity contribution in [3.8, 4) is 5.75 Å². The summed E-state index contributed by atoms with van der Waals surface area (Å²) in [5, 5.41) is 0. The van der Waals surface area contributed by atoms with Crippen LogP contribution in [0, 0.1) is 30.1 Å². The second-order valence-corrected chi connectivity index (χ2v) is 9.17. The van der Waals surface area contributed by atoms with Gasteiger partial charge in [-0.1, -0.05) is 6.07 Å². The number of nitrogens with zero attached hydrogens (tertiary/aromatic N) is 1. The maximum atomic E-state index is 13.9. The highest BCUT2D eigenvalue weighted by Crippen LogP contribution is 2.61. The highest BCUT2D eigenvalue weighted by molar-refractivity contribution is 6.00. The van der Waals surface area contributed by atoms with Crippen molar-refractivity contribution in [1.82, 2.24) is 0 Å². The maximum Gasteiger partial charge on any atom is 0.233 e. The van der Waals surface area contributed by atoms with E-state index in [0.717, 1.165) is 67.8 Å². The molecule has 3 nitrogen and oxygen atoms in total. The molecule has 0 saturated heterocycles. The Hall–Kier alpha value is -1.51. The molecule has 1 aliphatic heterocycles. The van der Waals surface area contributed by atoms with E-state index in [0.29, 0.717) is 5.91 Å². The van der Waals surface area contributed by atoms with E-state index in [4.69, 9.17) is 4.74 Å². The molecule has 1 amide bonds. The number of anilines is 1. The van der Waals surface area contributed by atoms with Crippen LogP contribution in [0.15, 0.2) is 12.1 Å². The second kappa shape index (κ2) is 5.49. The van der Waals surface area contributed by atoms with Gasteiger partial charge in [-0.15, -0.1) is 0 Å². The molecule has 6 rings (SSSR count). The summed E-state index contributed by atoms with van der Waals surface area (Å²) in [6, 6.07) is 4.18. The van der Waals surface area contributed by atoms with Crippen LogP contribution in [0.2, 0.25) is 0 Å². The average Bonchev–Trinajstić information content (AvgIpc) is 2.60. The molecule has 1 heterocycles. The first kappa shape index (κ1) is 15.7. The van der Waals surface area contributed by atoms with Crippen molar-refractivity contribution < 1.29 is 9.53 Å². The molecular weight excluding hydrogens is 310 g/mol. The molecule has 25 heavy (non-hydrogen) atoms. The van der Waals surface area contributed by atoms with Gasteiger partial charge in [0.1, 0.15) is 5.75 Å². The smallest absolute Gasteiger partial charge is 0.233 e. The minimum absolute atomic E-state index is 0.0713. The van der Waals surface area contributed by atoms with Crippen molar-refractivity contribution >= 4 is 11.6 Å². The van der Waals surface area contributed by atoms with Crippen molar-refractivity contribution in [2.24, 2.45) is 23.2 Å². The Balaban J connectivity index is 1.55. The predicted molar refractivity (Wildman–Crippen MR) is 99.0 cm³/mol. The molecule has 4 saturated carbocycles. The molecule has 4 fully saturated rings. The van der Waals surface area contributed by atoms with Crippen molar-refractivity contribution in [3.63, 3.8) is 0 Å². The van der Waals surface area contributed by atoms with Gasteiger partial charge in [-0.25, -0.2) is 0 Å². The van der Waals surface area contributed by atoms with Crippen LogP contribution in [0.5, 0.6) is 5.75 Å². The lowest BCUT2D eigenvalue weighted by molar-refractivity contribution is -0.143. The summed E-state index contributed by atoms with van der Waals surface area (Å²) in [4.78, 5) is 16.0. The molecule has 5 aliphatic rings. The van der Waals surface area contributed by atoms with Gasteiger partial charge in [-0.05, 0) is 93.2 Å². The fraction of sp³-hybridized carbons (Fsp3) is 0.682. The Morgan fingerprint density at radius 3 is 2.36 bits per heavy atom. The van der Waals surface area contributed by atoms with Gasteiger partial charge in [0.15, 0.2) is 0 Å². The molecule has 3 heteroatoms. The Morgan fingerprint density at radius 2 is 1.76 bits per heavy atom. The van der Waals surface area contributed by atoms with Gasteiger partial charge in [0.05, 0.1) is 18.2 Å². The first-order valence-corrected chi connectivity index (χ1v) is 10.1. The van der Waals surface area contributed by atoms with Gasteiger partial charge >= 0.3 is 0 Å². The van der Waals surface area contributed by atoms with Crippen LogP contribution in [0.3, 0.4) is 0 Å². The Kier molecular flexibility index (Phi) is 3.45. The zero-order valence-corrected chi connectivity index (χ0v) is 15.5. The predicted octanol–water partition coefficient (Wildman–Crippen LogP) is 4.50. The van der Waals surface area contributed by atoms with E-state index in [1.807, 2.05) is 6.07 Å². The molecule has 0 unspecified atom stereocenters. The van der Waals surface area contributed by atoms with E-state index in [9.17, 15) is 4.79 Å². The number of amides is 1. The number of aryl methyl sites for hydroxylation is 1. The topological polar surface area (TPSA) is 29.5 Å². The summed E-state index contributed by atoms with van der Waals surface area (Å²) in [5.41, 5.74) is 3.62. The van der Waals surface area contributed by atoms with Crippen LogP contribution >= 0.6 is 0 Å². The van der Waals surface area contributed by atoms with E-state index >= 15 is 0 Å². The number of hydrogen-bond donors (Lipinski definition) is 0. The van der Waals surface area contributed by atoms with Gasteiger partial charge in [0, 0.05) is 6.54 Å². The van der Waals surface area contributed by atoms with Crippen LogP contribution in [0.4, 0.5) is 5.69 Å².